The summed E-state index contributed by atoms with van der Waals surface area (Å²) in [5, 5.41) is 5.75. The van der Waals surface area contributed by atoms with Gasteiger partial charge in [0.05, 0.1) is 6.54 Å². The number of nitrogens with zero attached hydrogens (tertiary/aromatic N) is 3. The Kier molecular flexibility index (Phi) is 6.11. The van der Waals surface area contributed by atoms with E-state index in [4.69, 9.17) is 4.52 Å². The first kappa shape index (κ1) is 21.5. The molecule has 3 rings (SSSR count). The van der Waals surface area contributed by atoms with Crippen LogP contribution in [-0.2, 0) is 23.0 Å². The molecular weight excluding hydrogens is 410 g/mol. The number of sulfonamides is 1. The molecule has 3 aromatic rings. The normalized spacial score (nSPS) is 12.1. The lowest BCUT2D eigenvalue weighted by atomic mass is 10.1. The van der Waals surface area contributed by atoms with Gasteiger partial charge >= 0.3 is 0 Å². The van der Waals surface area contributed by atoms with Crippen molar-refractivity contribution >= 4 is 27.1 Å². The van der Waals surface area contributed by atoms with Crippen molar-refractivity contribution in [3.8, 4) is 0 Å². The third kappa shape index (κ3) is 4.22. The lowest BCUT2D eigenvalue weighted by Crippen LogP contribution is -2.33. The van der Waals surface area contributed by atoms with Crippen molar-refractivity contribution in [1.29, 1.82) is 0 Å². The Bertz CT molecular complexity index is 1110. The lowest BCUT2D eigenvalue weighted by Gasteiger charge is -2.16. The summed E-state index contributed by atoms with van der Waals surface area (Å²) in [6.07, 6.45) is 0.891. The van der Waals surface area contributed by atoms with Crippen molar-refractivity contribution in [3.63, 3.8) is 0 Å². The number of Topliss-reactive ketones (excluding diaryl/α,β-unsaturated/α-hetero) is 1. The van der Waals surface area contributed by atoms with E-state index in [0.717, 1.165) is 28.7 Å². The fourth-order valence-corrected chi connectivity index (χ4v) is 5.58. The highest BCUT2D eigenvalue weighted by Crippen LogP contribution is 2.23. The summed E-state index contributed by atoms with van der Waals surface area (Å²) < 4.78 is 33.9. The lowest BCUT2D eigenvalue weighted by molar-refractivity contribution is 0.0972. The molecule has 0 N–H and O–H groups in total. The topological polar surface area (TPSA) is 85.4 Å². The van der Waals surface area contributed by atoms with E-state index in [1.54, 1.807) is 25.2 Å². The van der Waals surface area contributed by atoms with Gasteiger partial charge in [-0.1, -0.05) is 11.2 Å². The first-order valence-corrected chi connectivity index (χ1v) is 11.6. The molecule has 0 fully saturated rings. The van der Waals surface area contributed by atoms with Gasteiger partial charge in [0, 0.05) is 35.4 Å². The number of thiophene rings is 1. The molecule has 0 radical (unpaired) electrons. The van der Waals surface area contributed by atoms with Gasteiger partial charge in [-0.25, -0.2) is 8.42 Å². The molecule has 0 aliphatic carbocycles. The van der Waals surface area contributed by atoms with Gasteiger partial charge in [0.1, 0.15) is 10.6 Å². The van der Waals surface area contributed by atoms with Crippen molar-refractivity contribution in [3.05, 3.63) is 56.9 Å². The quantitative estimate of drug-likeness (QED) is 0.506. The van der Waals surface area contributed by atoms with E-state index in [0.29, 0.717) is 5.56 Å². The Labute approximate surface area is 175 Å². The minimum Gasteiger partial charge on any atom is -0.360 e. The van der Waals surface area contributed by atoms with Gasteiger partial charge in [0.15, 0.2) is 11.5 Å². The Morgan fingerprint density at radius 3 is 2.59 bits per heavy atom. The minimum absolute atomic E-state index is 0.0224. The molecule has 3 aromatic heterocycles. The molecule has 156 valence electrons. The van der Waals surface area contributed by atoms with Crippen LogP contribution >= 0.6 is 11.3 Å². The van der Waals surface area contributed by atoms with Crippen LogP contribution in [0.15, 0.2) is 33.0 Å². The highest BCUT2D eigenvalue weighted by molar-refractivity contribution is 7.89. The zero-order valence-corrected chi connectivity index (χ0v) is 18.9. The van der Waals surface area contributed by atoms with E-state index in [1.165, 1.54) is 11.9 Å². The molecular formula is C20H25N3O4S2. The Morgan fingerprint density at radius 1 is 1.28 bits per heavy atom. The second-order valence-corrected chi connectivity index (χ2v) is 10.1. The molecule has 0 aromatic carbocycles. The number of carbonyl (C=O) groups excluding carboxylic acids is 1. The summed E-state index contributed by atoms with van der Waals surface area (Å²) in [5.74, 6) is -0.0214. The van der Waals surface area contributed by atoms with Crippen LogP contribution in [0.5, 0.6) is 0 Å². The van der Waals surface area contributed by atoms with Crippen molar-refractivity contribution in [1.82, 2.24) is 14.0 Å². The van der Waals surface area contributed by atoms with Gasteiger partial charge < -0.3 is 9.09 Å². The van der Waals surface area contributed by atoms with E-state index < -0.39 is 10.0 Å². The Balaban J connectivity index is 1.78. The first-order chi connectivity index (χ1) is 13.6. The largest absolute Gasteiger partial charge is 0.360 e. The van der Waals surface area contributed by atoms with Crippen LogP contribution in [0.4, 0.5) is 0 Å². The molecule has 9 heteroatoms. The monoisotopic (exact) mass is 435 g/mol. The van der Waals surface area contributed by atoms with Crippen molar-refractivity contribution in [2.75, 3.05) is 13.6 Å². The number of ketones is 1. The number of carbonyl (C=O) groups is 1. The van der Waals surface area contributed by atoms with Crippen LogP contribution in [0, 0.1) is 27.7 Å². The maximum absolute atomic E-state index is 12.9. The maximum Gasteiger partial charge on any atom is 0.248 e. The molecule has 0 saturated heterocycles. The molecule has 0 saturated carbocycles. The molecule has 0 unspecified atom stereocenters. The number of likely N-dealkylation sites (N-methyl/N-ethyl adjacent to an activating group) is 1. The van der Waals surface area contributed by atoms with Crippen molar-refractivity contribution < 1.29 is 17.7 Å². The molecule has 0 aliphatic rings. The van der Waals surface area contributed by atoms with Crippen LogP contribution in [0.1, 0.15) is 38.1 Å². The third-order valence-electron chi connectivity index (χ3n) is 5.04. The SMILES string of the molecule is Cc1noc(C)c1S(=O)(=O)N(C)CC(=O)c1cc(C)n(CCc2cccs2)c1C. The number of aryl methyl sites for hydroxylation is 4. The van der Waals surface area contributed by atoms with Crippen LogP contribution in [0.3, 0.4) is 0 Å². The van der Waals surface area contributed by atoms with Crippen LogP contribution in [0.25, 0.3) is 0 Å². The van der Waals surface area contributed by atoms with E-state index in [-0.39, 0.29) is 28.7 Å². The number of rotatable bonds is 8. The summed E-state index contributed by atoms with van der Waals surface area (Å²) in [5.41, 5.74) is 2.67. The molecule has 3 heterocycles. The predicted octanol–water partition coefficient (Wildman–Crippen LogP) is 3.52. The van der Waals surface area contributed by atoms with Gasteiger partial charge in [0.2, 0.25) is 10.0 Å². The third-order valence-corrected chi connectivity index (χ3v) is 8.02. The smallest absolute Gasteiger partial charge is 0.248 e. The zero-order chi connectivity index (χ0) is 21.3. The van der Waals surface area contributed by atoms with Crippen molar-refractivity contribution in [2.45, 2.75) is 45.6 Å². The van der Waals surface area contributed by atoms with Gasteiger partial charge in [0.25, 0.3) is 0 Å². The second kappa shape index (κ2) is 8.25. The highest BCUT2D eigenvalue weighted by Gasteiger charge is 2.30. The van der Waals surface area contributed by atoms with E-state index in [9.17, 15) is 13.2 Å². The fourth-order valence-electron chi connectivity index (χ4n) is 3.48. The molecule has 0 bridgehead atoms. The Hall–Kier alpha value is -2.23. The standard InChI is InChI=1S/C20H25N3O4S2/c1-13-11-18(15(3)23(13)9-8-17-7-6-10-28-17)19(24)12-22(5)29(25,26)20-14(2)21-27-16(20)4/h6-7,10-11H,8-9,12H2,1-5H3. The van der Waals surface area contributed by atoms with Crippen LogP contribution in [-0.4, -0.2) is 41.8 Å². The summed E-state index contributed by atoms with van der Waals surface area (Å²) >= 11 is 1.71. The van der Waals surface area contributed by atoms with E-state index in [1.807, 2.05) is 26.0 Å². The summed E-state index contributed by atoms with van der Waals surface area (Å²) in [4.78, 5) is 14.2. The number of hydrogen-bond donors (Lipinski definition) is 0. The minimum atomic E-state index is -3.87. The zero-order valence-electron chi connectivity index (χ0n) is 17.2. The molecule has 0 atom stereocenters. The van der Waals surface area contributed by atoms with Gasteiger partial charge in [-0.2, -0.15) is 4.31 Å². The van der Waals surface area contributed by atoms with E-state index >= 15 is 0 Å². The highest BCUT2D eigenvalue weighted by atomic mass is 32.2. The average Bonchev–Trinajstić information content (AvgIpc) is 3.34. The number of hydrogen-bond acceptors (Lipinski definition) is 6. The summed E-state index contributed by atoms with van der Waals surface area (Å²) in [6.45, 7) is 7.50. The maximum atomic E-state index is 12.9. The molecule has 0 amide bonds. The van der Waals surface area contributed by atoms with E-state index in [2.05, 4.69) is 21.2 Å². The molecule has 0 spiro atoms. The fraction of sp³-hybridized carbons (Fsp3) is 0.400. The Morgan fingerprint density at radius 2 is 2.00 bits per heavy atom. The van der Waals surface area contributed by atoms with Crippen molar-refractivity contribution in [2.24, 2.45) is 0 Å². The van der Waals surface area contributed by atoms with Gasteiger partial charge in [-0.15, -0.1) is 11.3 Å². The molecule has 29 heavy (non-hydrogen) atoms. The van der Waals surface area contributed by atoms with Gasteiger partial charge in [-0.05, 0) is 51.6 Å². The summed E-state index contributed by atoms with van der Waals surface area (Å²) in [7, 11) is -2.47. The first-order valence-electron chi connectivity index (χ1n) is 9.24. The molecule has 7 nitrogen and oxygen atoms in total. The van der Waals surface area contributed by atoms with Crippen LogP contribution in [0.2, 0.25) is 0 Å². The summed E-state index contributed by atoms with van der Waals surface area (Å²) in [6, 6.07) is 5.96. The number of aromatic nitrogens is 2. The predicted molar refractivity (Wildman–Crippen MR) is 112 cm³/mol. The molecule has 0 aliphatic heterocycles. The van der Waals surface area contributed by atoms with Crippen LogP contribution < -0.4 is 0 Å². The second-order valence-electron chi connectivity index (χ2n) is 7.10. The average molecular weight is 436 g/mol. The van der Waals surface area contributed by atoms with Gasteiger partial charge in [-0.3, -0.25) is 4.79 Å².